The van der Waals surface area contributed by atoms with Gasteiger partial charge < -0.3 is 0 Å². The first-order valence-corrected chi connectivity index (χ1v) is 22.8. The molecule has 0 amide bonds. The monoisotopic (exact) mass is 850 g/mol. The van der Waals surface area contributed by atoms with Gasteiger partial charge in [-0.05, 0) is 99.3 Å². The Bertz CT molecular complexity index is 3280. The van der Waals surface area contributed by atoms with E-state index in [-0.39, 0.29) is 6.71 Å². The van der Waals surface area contributed by atoms with Crippen molar-refractivity contribution in [1.29, 1.82) is 0 Å². The van der Waals surface area contributed by atoms with Gasteiger partial charge in [0.15, 0.2) is 11.6 Å². The van der Waals surface area contributed by atoms with E-state index in [0.717, 1.165) is 55.5 Å². The van der Waals surface area contributed by atoms with Gasteiger partial charge in [0.2, 0.25) is 12.7 Å². The third-order valence-corrected chi connectivity index (χ3v) is 12.8. The zero-order chi connectivity index (χ0) is 45.3. The minimum atomic E-state index is 0.0329. The quantitative estimate of drug-likeness (QED) is 0.129. The Hall–Kier alpha value is -7.89. The molecule has 10 rings (SSSR count). The fourth-order valence-electron chi connectivity index (χ4n) is 10.00. The Kier molecular flexibility index (Phi) is 11.4. The summed E-state index contributed by atoms with van der Waals surface area (Å²) in [6.45, 7) is 13.5. The van der Waals surface area contributed by atoms with Crippen LogP contribution in [0, 0.1) is 41.5 Å². The molecule has 9 aromatic carbocycles. The maximum Gasteiger partial charge on any atom is 0.242 e. The molecule has 0 aliphatic heterocycles. The molecule has 1 heterocycles. The molecule has 66 heavy (non-hydrogen) atoms. The van der Waals surface area contributed by atoms with Crippen molar-refractivity contribution >= 4 is 51.2 Å². The Morgan fingerprint density at radius 2 is 0.864 bits per heavy atom. The highest BCUT2D eigenvalue weighted by molar-refractivity contribution is 6.96. The van der Waals surface area contributed by atoms with E-state index in [9.17, 15) is 0 Å². The van der Waals surface area contributed by atoms with Crippen molar-refractivity contribution in [3.05, 3.63) is 234 Å². The van der Waals surface area contributed by atoms with Crippen molar-refractivity contribution in [2.45, 2.75) is 41.5 Å². The van der Waals surface area contributed by atoms with Crippen molar-refractivity contribution in [1.82, 2.24) is 15.0 Å². The average molecular weight is 851 g/mol. The standard InChI is InChI=1S/C61H51BN4/c1-40-34-42(3)57(43(4)35-40)62(58-44(5)36-41(2)37-45(58)6)53-30-32-54(33-31-53)66(56-27-16-15-26-55(56)48-21-11-8-12-22-48)61-64-59(51-25-17-24-50(38-51)46-18-9-7-10-19-46)63-60(65-61)52-29-28-47-20-13-14-23-49(47)39-52/h7-39H,1-6H3. The molecule has 0 saturated carbocycles. The van der Waals surface area contributed by atoms with Gasteiger partial charge in [0.25, 0.3) is 0 Å². The van der Waals surface area contributed by atoms with Crippen LogP contribution in [0.5, 0.6) is 0 Å². The Balaban J connectivity index is 1.20. The largest absolute Gasteiger partial charge is 0.278 e. The lowest BCUT2D eigenvalue weighted by Gasteiger charge is -2.28. The van der Waals surface area contributed by atoms with E-state index in [4.69, 9.17) is 15.0 Å². The summed E-state index contributed by atoms with van der Waals surface area (Å²) in [4.78, 5) is 18.3. The highest BCUT2D eigenvalue weighted by Gasteiger charge is 2.29. The normalized spacial score (nSPS) is 11.2. The van der Waals surface area contributed by atoms with Crippen LogP contribution in [0.3, 0.4) is 0 Å². The summed E-state index contributed by atoms with van der Waals surface area (Å²) in [7, 11) is 0. The van der Waals surface area contributed by atoms with Crippen LogP contribution in [0.15, 0.2) is 200 Å². The number of aryl methyl sites for hydroxylation is 6. The summed E-state index contributed by atoms with van der Waals surface area (Å²) in [5, 5.41) is 2.29. The fraction of sp³-hybridized carbons (Fsp3) is 0.0984. The van der Waals surface area contributed by atoms with E-state index in [1.165, 1.54) is 49.8 Å². The first kappa shape index (κ1) is 42.1. The molecule has 0 saturated heterocycles. The molecule has 0 N–H and O–H groups in total. The zero-order valence-electron chi connectivity index (χ0n) is 38.4. The molecule has 10 aromatic rings. The molecule has 0 unspecified atom stereocenters. The fourth-order valence-corrected chi connectivity index (χ4v) is 10.00. The molecule has 0 fully saturated rings. The summed E-state index contributed by atoms with van der Waals surface area (Å²) in [5.74, 6) is 1.72. The van der Waals surface area contributed by atoms with Crippen LogP contribution in [0.4, 0.5) is 17.3 Å². The molecule has 4 nitrogen and oxygen atoms in total. The van der Waals surface area contributed by atoms with Gasteiger partial charge in [-0.25, -0.2) is 4.98 Å². The third kappa shape index (κ3) is 8.32. The molecule has 0 spiro atoms. The van der Waals surface area contributed by atoms with Crippen molar-refractivity contribution in [3.63, 3.8) is 0 Å². The predicted molar refractivity (Wildman–Crippen MR) is 280 cm³/mol. The maximum atomic E-state index is 5.43. The van der Waals surface area contributed by atoms with Crippen LogP contribution in [0.1, 0.15) is 33.4 Å². The van der Waals surface area contributed by atoms with Crippen molar-refractivity contribution in [2.75, 3.05) is 4.90 Å². The summed E-state index contributed by atoms with van der Waals surface area (Å²) in [6.07, 6.45) is 0. The third-order valence-electron chi connectivity index (χ3n) is 12.8. The lowest BCUT2D eigenvalue weighted by atomic mass is 9.34. The number of rotatable bonds is 10. The Labute approximate surface area is 389 Å². The van der Waals surface area contributed by atoms with E-state index < -0.39 is 0 Å². The average Bonchev–Trinajstić information content (AvgIpc) is 3.34. The molecule has 0 aliphatic rings. The number of aromatic nitrogens is 3. The molecule has 0 radical (unpaired) electrons. The summed E-state index contributed by atoms with van der Waals surface area (Å²) in [5.41, 5.74) is 19.8. The second-order valence-electron chi connectivity index (χ2n) is 17.7. The minimum absolute atomic E-state index is 0.0329. The number of fused-ring (bicyclic) bond motifs is 1. The van der Waals surface area contributed by atoms with Crippen LogP contribution < -0.4 is 21.3 Å². The maximum absolute atomic E-state index is 5.43. The van der Waals surface area contributed by atoms with Gasteiger partial charge >= 0.3 is 0 Å². The number of hydrogen-bond donors (Lipinski definition) is 0. The van der Waals surface area contributed by atoms with Crippen molar-refractivity contribution in [3.8, 4) is 45.0 Å². The summed E-state index contributed by atoms with van der Waals surface area (Å²) < 4.78 is 0. The van der Waals surface area contributed by atoms with Crippen molar-refractivity contribution < 1.29 is 0 Å². The van der Waals surface area contributed by atoms with Gasteiger partial charge in [-0.1, -0.05) is 220 Å². The van der Waals surface area contributed by atoms with E-state index in [1.54, 1.807) is 0 Å². The van der Waals surface area contributed by atoms with Crippen LogP contribution in [-0.4, -0.2) is 21.7 Å². The first-order chi connectivity index (χ1) is 32.2. The number of nitrogens with zero attached hydrogens (tertiary/aromatic N) is 4. The predicted octanol–water partition coefficient (Wildman–Crippen LogP) is 13.5. The molecule has 1 aromatic heterocycles. The minimum Gasteiger partial charge on any atom is -0.278 e. The molecule has 0 bridgehead atoms. The van der Waals surface area contributed by atoms with E-state index >= 15 is 0 Å². The molecular formula is C61H51BN4. The smallest absolute Gasteiger partial charge is 0.242 e. The second kappa shape index (κ2) is 17.9. The van der Waals surface area contributed by atoms with Crippen LogP contribution >= 0.6 is 0 Å². The first-order valence-electron chi connectivity index (χ1n) is 22.8. The Morgan fingerprint density at radius 3 is 1.48 bits per heavy atom. The van der Waals surface area contributed by atoms with Gasteiger partial charge in [-0.15, -0.1) is 0 Å². The Morgan fingerprint density at radius 1 is 0.364 bits per heavy atom. The molecular weight excluding hydrogens is 800 g/mol. The van der Waals surface area contributed by atoms with Gasteiger partial charge in [-0.2, -0.15) is 9.97 Å². The molecule has 0 aliphatic carbocycles. The van der Waals surface area contributed by atoms with Crippen LogP contribution in [0.25, 0.3) is 55.8 Å². The van der Waals surface area contributed by atoms with Gasteiger partial charge in [0, 0.05) is 22.4 Å². The van der Waals surface area contributed by atoms with Gasteiger partial charge in [-0.3, -0.25) is 4.90 Å². The molecule has 5 heteroatoms. The number of para-hydroxylation sites is 1. The van der Waals surface area contributed by atoms with Crippen LogP contribution in [0.2, 0.25) is 0 Å². The lowest BCUT2D eigenvalue weighted by Crippen LogP contribution is -2.55. The van der Waals surface area contributed by atoms with E-state index in [0.29, 0.717) is 17.6 Å². The summed E-state index contributed by atoms with van der Waals surface area (Å²) in [6, 6.07) is 71.4. The lowest BCUT2D eigenvalue weighted by molar-refractivity contribution is 1.02. The highest BCUT2D eigenvalue weighted by Crippen LogP contribution is 2.40. The second-order valence-corrected chi connectivity index (χ2v) is 17.7. The molecule has 0 atom stereocenters. The van der Waals surface area contributed by atoms with Gasteiger partial charge in [0.05, 0.1) is 5.69 Å². The SMILES string of the molecule is Cc1cc(C)c(B(c2ccc(N(c3nc(-c4cccc(-c5ccccc5)c4)nc(-c4ccc5ccccc5c4)n3)c3ccccc3-c3ccccc3)cc2)c2c(C)cc(C)cc2C)c(C)c1. The van der Waals surface area contributed by atoms with Crippen molar-refractivity contribution in [2.24, 2.45) is 0 Å². The van der Waals surface area contributed by atoms with Crippen LogP contribution in [-0.2, 0) is 0 Å². The number of anilines is 3. The molecule has 318 valence electrons. The van der Waals surface area contributed by atoms with E-state index in [1.807, 2.05) is 6.07 Å². The van der Waals surface area contributed by atoms with Gasteiger partial charge in [0.1, 0.15) is 0 Å². The van der Waals surface area contributed by atoms with E-state index in [2.05, 4.69) is 241 Å². The number of hydrogen-bond acceptors (Lipinski definition) is 4. The highest BCUT2D eigenvalue weighted by atomic mass is 15.3. The zero-order valence-corrected chi connectivity index (χ0v) is 38.4. The topological polar surface area (TPSA) is 41.9 Å². The number of benzene rings is 9. The summed E-state index contributed by atoms with van der Waals surface area (Å²) >= 11 is 0.